The molecule has 1 aliphatic rings. The van der Waals surface area contributed by atoms with Crippen LogP contribution >= 0.6 is 23.2 Å². The molecule has 6 nitrogen and oxygen atoms in total. The first-order valence-corrected chi connectivity index (χ1v) is 13.7. The quantitative estimate of drug-likeness (QED) is 0.270. The van der Waals surface area contributed by atoms with Crippen LogP contribution in [0.3, 0.4) is 0 Å². The molecule has 1 saturated heterocycles. The van der Waals surface area contributed by atoms with Crippen molar-refractivity contribution >= 4 is 29.1 Å². The predicted octanol–water partition coefficient (Wildman–Crippen LogP) is 4.63. The lowest BCUT2D eigenvalue weighted by Crippen LogP contribution is -2.52. The molecule has 0 unspecified atom stereocenters. The molecule has 0 aromatic heterocycles. The Labute approximate surface area is 232 Å². The van der Waals surface area contributed by atoms with Crippen LogP contribution in [0.1, 0.15) is 63.5 Å². The van der Waals surface area contributed by atoms with E-state index in [1.54, 1.807) is 6.07 Å². The van der Waals surface area contributed by atoms with E-state index >= 15 is 8.78 Å². The molecule has 1 aliphatic heterocycles. The maximum atomic E-state index is 15.6. The van der Waals surface area contributed by atoms with Crippen molar-refractivity contribution in [3.8, 4) is 0 Å². The summed E-state index contributed by atoms with van der Waals surface area (Å²) in [4.78, 5) is 13.6. The fraction of sp³-hybridized carbons (Fsp3) is 0.536. The minimum absolute atomic E-state index is 0.0721. The van der Waals surface area contributed by atoms with Crippen molar-refractivity contribution in [1.29, 1.82) is 0 Å². The van der Waals surface area contributed by atoms with Gasteiger partial charge in [-0.1, -0.05) is 75.0 Å². The van der Waals surface area contributed by atoms with Crippen LogP contribution in [0.25, 0.3) is 0 Å². The van der Waals surface area contributed by atoms with Gasteiger partial charge in [0.25, 0.3) is 0 Å². The maximum Gasteiger partial charge on any atom is 0.237 e. The van der Waals surface area contributed by atoms with Crippen molar-refractivity contribution in [2.45, 2.75) is 76.1 Å². The molecule has 1 heterocycles. The van der Waals surface area contributed by atoms with Gasteiger partial charge in [0, 0.05) is 29.1 Å². The third-order valence-corrected chi connectivity index (χ3v) is 8.72. The van der Waals surface area contributed by atoms with Gasteiger partial charge in [-0.2, -0.15) is 0 Å². The number of nitrogens with two attached hydrogens (primary N) is 1. The number of hydrogen-bond acceptors (Lipinski definition) is 5. The number of hydrogen-bond donors (Lipinski definition) is 5. The van der Waals surface area contributed by atoms with E-state index in [2.05, 4.69) is 31.4 Å². The highest BCUT2D eigenvalue weighted by Gasteiger charge is 2.58. The lowest BCUT2D eigenvalue weighted by atomic mass is 9.67. The molecule has 1 amide bonds. The van der Waals surface area contributed by atoms with Crippen LogP contribution in [-0.2, 0) is 10.3 Å². The molecular weight excluding hydrogens is 535 g/mol. The number of benzene rings is 2. The Balaban J connectivity index is 2.20. The van der Waals surface area contributed by atoms with Crippen LogP contribution in [0.2, 0.25) is 10.0 Å². The van der Waals surface area contributed by atoms with E-state index in [1.165, 1.54) is 24.3 Å². The van der Waals surface area contributed by atoms with Gasteiger partial charge in [0.15, 0.2) is 0 Å². The summed E-state index contributed by atoms with van der Waals surface area (Å²) in [5, 5.41) is 24.9. The Hall–Kier alpha value is -1.81. The minimum Gasteiger partial charge on any atom is -0.394 e. The first-order valence-electron chi connectivity index (χ1n) is 12.9. The standard InChI is InChI=1S/C28H37Cl2F2N3O3/c1-4-27(3,5-2)14-22-28(33,19-10-9-16(29)13-21(19)31)23(18-7-6-8-20(30)24(18)32)25(35-22)26(38)34-12-11-17(37)15-36/h6-10,13,17,22-23,25,35-37H,4-5,11-12,14-15,33H2,1-3H3,(H,34,38)/t17-,22-,23-,25+,28+/m0/s1. The Bertz CT molecular complexity index is 1130. The maximum absolute atomic E-state index is 15.6. The molecule has 0 bridgehead atoms. The molecule has 5 atom stereocenters. The summed E-state index contributed by atoms with van der Waals surface area (Å²) >= 11 is 12.2. The highest BCUT2D eigenvalue weighted by Crippen LogP contribution is 2.50. The summed E-state index contributed by atoms with van der Waals surface area (Å²) in [5.74, 6) is -2.90. The molecule has 2 aromatic carbocycles. The SMILES string of the molecule is CCC(C)(CC)C[C@@H]1N[C@@H](C(=O)NCC[C@H](O)CO)[C@H](c2cccc(Cl)c2F)[C@@]1(N)c1ccc(Cl)cc1F. The Morgan fingerprint density at radius 2 is 1.92 bits per heavy atom. The summed E-state index contributed by atoms with van der Waals surface area (Å²) in [5.41, 5.74) is 5.66. The lowest BCUT2D eigenvalue weighted by molar-refractivity contribution is -0.123. The van der Waals surface area contributed by atoms with E-state index < -0.39 is 53.8 Å². The highest BCUT2D eigenvalue weighted by molar-refractivity contribution is 6.31. The lowest BCUT2D eigenvalue weighted by Gasteiger charge is -2.41. The Morgan fingerprint density at radius 3 is 2.53 bits per heavy atom. The molecule has 38 heavy (non-hydrogen) atoms. The summed E-state index contributed by atoms with van der Waals surface area (Å²) in [6.45, 7) is 5.85. The predicted molar refractivity (Wildman–Crippen MR) is 146 cm³/mol. The van der Waals surface area contributed by atoms with Crippen LogP contribution in [0.4, 0.5) is 8.78 Å². The molecule has 10 heteroatoms. The second-order valence-corrected chi connectivity index (χ2v) is 11.4. The summed E-state index contributed by atoms with van der Waals surface area (Å²) in [6.07, 6.45) is 1.24. The molecular formula is C28H37Cl2F2N3O3. The average Bonchev–Trinajstić information content (AvgIpc) is 3.17. The van der Waals surface area contributed by atoms with Crippen molar-refractivity contribution in [2.24, 2.45) is 11.1 Å². The largest absolute Gasteiger partial charge is 0.394 e. The van der Waals surface area contributed by atoms with Crippen molar-refractivity contribution in [3.05, 3.63) is 69.2 Å². The van der Waals surface area contributed by atoms with Crippen LogP contribution in [0, 0.1) is 17.0 Å². The Morgan fingerprint density at radius 1 is 1.24 bits per heavy atom. The van der Waals surface area contributed by atoms with Crippen LogP contribution in [-0.4, -0.2) is 47.5 Å². The van der Waals surface area contributed by atoms with E-state index in [1.807, 2.05) is 0 Å². The van der Waals surface area contributed by atoms with Gasteiger partial charge in [0.2, 0.25) is 5.91 Å². The molecule has 210 valence electrons. The van der Waals surface area contributed by atoms with E-state index in [4.69, 9.17) is 34.0 Å². The van der Waals surface area contributed by atoms with Gasteiger partial charge in [0.05, 0.1) is 29.3 Å². The normalized spacial score (nSPS) is 24.4. The van der Waals surface area contributed by atoms with Gasteiger partial charge in [-0.05, 0) is 42.0 Å². The molecule has 1 fully saturated rings. The van der Waals surface area contributed by atoms with Gasteiger partial charge in [-0.3, -0.25) is 4.79 Å². The van der Waals surface area contributed by atoms with Gasteiger partial charge in [0.1, 0.15) is 11.6 Å². The van der Waals surface area contributed by atoms with Crippen LogP contribution in [0.15, 0.2) is 36.4 Å². The first-order chi connectivity index (χ1) is 17.9. The van der Waals surface area contributed by atoms with Crippen molar-refractivity contribution in [3.63, 3.8) is 0 Å². The molecule has 2 aromatic rings. The van der Waals surface area contributed by atoms with Gasteiger partial charge >= 0.3 is 0 Å². The topological polar surface area (TPSA) is 108 Å². The zero-order valence-corrected chi connectivity index (χ0v) is 23.4. The van der Waals surface area contributed by atoms with Gasteiger partial charge < -0.3 is 26.6 Å². The van der Waals surface area contributed by atoms with E-state index in [-0.39, 0.29) is 39.6 Å². The second-order valence-electron chi connectivity index (χ2n) is 10.5. The van der Waals surface area contributed by atoms with Crippen molar-refractivity contribution in [2.75, 3.05) is 13.2 Å². The number of aliphatic hydroxyl groups is 2. The smallest absolute Gasteiger partial charge is 0.237 e. The zero-order valence-electron chi connectivity index (χ0n) is 21.9. The number of rotatable bonds is 11. The van der Waals surface area contributed by atoms with Gasteiger partial charge in [-0.25, -0.2) is 8.78 Å². The summed E-state index contributed by atoms with van der Waals surface area (Å²) in [6, 6.07) is 7.01. The molecule has 6 N–H and O–H groups in total. The van der Waals surface area contributed by atoms with E-state index in [9.17, 15) is 9.90 Å². The first kappa shape index (κ1) is 30.7. The number of halogens is 4. The minimum atomic E-state index is -1.56. The van der Waals surface area contributed by atoms with Crippen LogP contribution < -0.4 is 16.4 Å². The Kier molecular flexibility index (Phi) is 10.2. The molecule has 0 aliphatic carbocycles. The monoisotopic (exact) mass is 571 g/mol. The third-order valence-electron chi connectivity index (χ3n) is 8.19. The second kappa shape index (κ2) is 12.6. The average molecular weight is 573 g/mol. The van der Waals surface area contributed by atoms with Gasteiger partial charge in [-0.15, -0.1) is 0 Å². The number of carbonyl (C=O) groups excluding carboxylic acids is 1. The molecule has 0 radical (unpaired) electrons. The van der Waals surface area contributed by atoms with Crippen LogP contribution in [0.5, 0.6) is 0 Å². The fourth-order valence-corrected chi connectivity index (χ4v) is 5.73. The molecule has 3 rings (SSSR count). The zero-order chi connectivity index (χ0) is 28.3. The number of nitrogens with one attached hydrogen (secondary N) is 2. The number of amides is 1. The van der Waals surface area contributed by atoms with E-state index in [0.717, 1.165) is 18.9 Å². The third kappa shape index (κ3) is 6.16. The highest BCUT2D eigenvalue weighted by atomic mass is 35.5. The summed E-state index contributed by atoms with van der Waals surface area (Å²) in [7, 11) is 0. The summed E-state index contributed by atoms with van der Waals surface area (Å²) < 4.78 is 31.2. The number of aliphatic hydroxyl groups excluding tert-OH is 2. The van der Waals surface area contributed by atoms with Crippen molar-refractivity contribution in [1.82, 2.24) is 10.6 Å². The fourth-order valence-electron chi connectivity index (χ4n) is 5.39. The molecule has 0 spiro atoms. The van der Waals surface area contributed by atoms with Crippen molar-refractivity contribution < 1.29 is 23.8 Å². The number of carbonyl (C=O) groups is 1. The molecule has 0 saturated carbocycles. The van der Waals surface area contributed by atoms with E-state index in [0.29, 0.717) is 6.42 Å².